The lowest BCUT2D eigenvalue weighted by atomic mass is 9.65. The summed E-state index contributed by atoms with van der Waals surface area (Å²) in [7, 11) is 0. The summed E-state index contributed by atoms with van der Waals surface area (Å²) in [6, 6.07) is 4.49. The van der Waals surface area contributed by atoms with E-state index in [1.54, 1.807) is 0 Å². The van der Waals surface area contributed by atoms with E-state index in [1.807, 2.05) is 12.4 Å². The Morgan fingerprint density at radius 3 is 2.37 bits per heavy atom. The van der Waals surface area contributed by atoms with Crippen LogP contribution < -0.4 is 16.0 Å². The number of carbonyl (C=O) groups is 1. The molecule has 0 radical (unpaired) electrons. The molecular formula is C21H33ClN4O. The lowest BCUT2D eigenvalue weighted by Gasteiger charge is -2.43. The minimum atomic E-state index is 0. The van der Waals surface area contributed by atoms with Gasteiger partial charge in [-0.05, 0) is 68.4 Å². The van der Waals surface area contributed by atoms with Gasteiger partial charge in [0.25, 0.3) is 0 Å². The molecule has 3 fully saturated rings. The van der Waals surface area contributed by atoms with Gasteiger partial charge >= 0.3 is 0 Å². The van der Waals surface area contributed by atoms with Crippen molar-refractivity contribution >= 4 is 24.0 Å². The van der Waals surface area contributed by atoms with Crippen LogP contribution in [0.15, 0.2) is 24.5 Å². The van der Waals surface area contributed by atoms with Gasteiger partial charge in [0.05, 0.1) is 0 Å². The number of aromatic nitrogens is 1. The summed E-state index contributed by atoms with van der Waals surface area (Å²) in [5.74, 6) is 2.22. The fraction of sp³-hybridized carbons (Fsp3) is 0.714. The number of anilines is 1. The summed E-state index contributed by atoms with van der Waals surface area (Å²) in [6.45, 7) is 2.96. The average molecular weight is 393 g/mol. The number of nitrogens with one attached hydrogen (secondary N) is 1. The Labute approximate surface area is 168 Å². The van der Waals surface area contributed by atoms with Gasteiger partial charge in [0.2, 0.25) is 5.91 Å². The molecule has 3 aliphatic rings. The monoisotopic (exact) mass is 392 g/mol. The SMILES string of the molecule is Cl.NC1C2CCCC1CC(C(=O)NCC1CCN(c3ccncc3)CC1)C2. The summed E-state index contributed by atoms with van der Waals surface area (Å²) in [5, 5.41) is 3.27. The van der Waals surface area contributed by atoms with Crippen LogP contribution in [0, 0.1) is 23.7 Å². The Morgan fingerprint density at radius 2 is 1.74 bits per heavy atom. The van der Waals surface area contributed by atoms with Crippen LogP contribution >= 0.6 is 12.4 Å². The van der Waals surface area contributed by atoms with Gasteiger partial charge in [-0.25, -0.2) is 0 Å². The standard InChI is InChI=1S/C21H32N4O.ClH/c22-20-16-2-1-3-17(20)13-18(12-16)21(26)24-14-15-6-10-25(11-7-15)19-4-8-23-9-5-19;/h4-5,8-9,15-18,20H,1-3,6-7,10-14,22H2,(H,24,26);1H. The Bertz CT molecular complexity index is 591. The van der Waals surface area contributed by atoms with E-state index in [1.165, 1.54) is 24.9 Å². The summed E-state index contributed by atoms with van der Waals surface area (Å²) >= 11 is 0. The van der Waals surface area contributed by atoms with Crippen LogP contribution in [0.5, 0.6) is 0 Å². The smallest absolute Gasteiger partial charge is 0.223 e. The maximum atomic E-state index is 12.7. The van der Waals surface area contributed by atoms with Crippen LogP contribution in [-0.2, 0) is 4.79 Å². The molecule has 2 atom stereocenters. The van der Waals surface area contributed by atoms with Crippen LogP contribution in [0.4, 0.5) is 5.69 Å². The Balaban J connectivity index is 0.00000210. The highest BCUT2D eigenvalue weighted by Crippen LogP contribution is 2.41. The normalized spacial score (nSPS) is 31.1. The Hall–Kier alpha value is -1.33. The van der Waals surface area contributed by atoms with Gasteiger partial charge in [-0.2, -0.15) is 0 Å². The predicted octanol–water partition coefficient (Wildman–Crippen LogP) is 2.99. The second-order valence-electron chi connectivity index (χ2n) is 8.58. The van der Waals surface area contributed by atoms with E-state index in [9.17, 15) is 4.79 Å². The third-order valence-electron chi connectivity index (χ3n) is 6.99. The van der Waals surface area contributed by atoms with Crippen molar-refractivity contribution < 1.29 is 4.79 Å². The number of fused-ring (bicyclic) bond motifs is 2. The molecule has 5 nitrogen and oxygen atoms in total. The van der Waals surface area contributed by atoms with E-state index < -0.39 is 0 Å². The number of nitrogens with two attached hydrogens (primary N) is 1. The number of hydrogen-bond acceptors (Lipinski definition) is 4. The molecule has 27 heavy (non-hydrogen) atoms. The Morgan fingerprint density at radius 1 is 1.11 bits per heavy atom. The lowest BCUT2D eigenvalue weighted by molar-refractivity contribution is -0.128. The number of nitrogens with zero attached hydrogens (tertiary/aromatic N) is 2. The molecule has 2 aliphatic carbocycles. The summed E-state index contributed by atoms with van der Waals surface area (Å²) in [6.07, 6.45) is 11.7. The molecular weight excluding hydrogens is 360 g/mol. The number of carbonyl (C=O) groups excluding carboxylic acids is 1. The third-order valence-corrected chi connectivity index (χ3v) is 6.99. The van der Waals surface area contributed by atoms with Crippen LogP contribution in [0.2, 0.25) is 0 Å². The van der Waals surface area contributed by atoms with Crippen molar-refractivity contribution in [1.82, 2.24) is 10.3 Å². The predicted molar refractivity (Wildman–Crippen MR) is 111 cm³/mol. The first-order valence-corrected chi connectivity index (χ1v) is 10.4. The van der Waals surface area contributed by atoms with E-state index in [0.29, 0.717) is 23.8 Å². The summed E-state index contributed by atoms with van der Waals surface area (Å²) < 4.78 is 0. The van der Waals surface area contributed by atoms with Gasteiger partial charge in [-0.15, -0.1) is 12.4 Å². The minimum absolute atomic E-state index is 0. The average Bonchev–Trinajstić information content (AvgIpc) is 2.67. The molecule has 0 aromatic carbocycles. The highest BCUT2D eigenvalue weighted by atomic mass is 35.5. The fourth-order valence-corrected chi connectivity index (χ4v) is 5.34. The molecule has 3 N–H and O–H groups in total. The maximum absolute atomic E-state index is 12.7. The van der Waals surface area contributed by atoms with Crippen molar-refractivity contribution in [3.05, 3.63) is 24.5 Å². The summed E-state index contributed by atoms with van der Waals surface area (Å²) in [4.78, 5) is 19.2. The van der Waals surface area contributed by atoms with Gasteiger partial charge < -0.3 is 16.0 Å². The van der Waals surface area contributed by atoms with E-state index in [0.717, 1.165) is 45.3 Å². The zero-order valence-corrected chi connectivity index (χ0v) is 16.9. The van der Waals surface area contributed by atoms with Gasteiger partial charge in [-0.1, -0.05) is 6.42 Å². The zero-order valence-electron chi connectivity index (χ0n) is 16.1. The van der Waals surface area contributed by atoms with Crippen molar-refractivity contribution in [2.24, 2.45) is 29.4 Å². The van der Waals surface area contributed by atoms with Gasteiger partial charge in [-0.3, -0.25) is 9.78 Å². The maximum Gasteiger partial charge on any atom is 0.223 e. The molecule has 2 saturated carbocycles. The van der Waals surface area contributed by atoms with Crippen LogP contribution in [0.25, 0.3) is 0 Å². The highest BCUT2D eigenvalue weighted by Gasteiger charge is 2.40. The first-order chi connectivity index (χ1) is 12.7. The van der Waals surface area contributed by atoms with Crippen molar-refractivity contribution in [1.29, 1.82) is 0 Å². The molecule has 2 heterocycles. The third kappa shape index (κ3) is 4.75. The van der Waals surface area contributed by atoms with E-state index in [-0.39, 0.29) is 24.2 Å². The molecule has 1 aromatic rings. The molecule has 1 aliphatic heterocycles. The molecule has 2 bridgehead atoms. The van der Waals surface area contributed by atoms with Crippen LogP contribution in [0.1, 0.15) is 44.9 Å². The summed E-state index contributed by atoms with van der Waals surface area (Å²) in [5.41, 5.74) is 7.62. The van der Waals surface area contributed by atoms with Crippen molar-refractivity contribution in [2.75, 3.05) is 24.5 Å². The van der Waals surface area contributed by atoms with E-state index in [2.05, 4.69) is 27.3 Å². The topological polar surface area (TPSA) is 71.2 Å². The molecule has 1 amide bonds. The van der Waals surface area contributed by atoms with Gasteiger partial charge in [0, 0.05) is 49.7 Å². The molecule has 1 aromatic heterocycles. The zero-order chi connectivity index (χ0) is 17.9. The number of piperidine rings is 1. The lowest BCUT2D eigenvalue weighted by Crippen LogP contribution is -2.49. The number of halogens is 1. The van der Waals surface area contributed by atoms with E-state index in [4.69, 9.17) is 5.73 Å². The van der Waals surface area contributed by atoms with E-state index >= 15 is 0 Å². The second kappa shape index (κ2) is 9.24. The van der Waals surface area contributed by atoms with Crippen molar-refractivity contribution in [3.8, 4) is 0 Å². The molecule has 4 rings (SSSR count). The minimum Gasteiger partial charge on any atom is -0.371 e. The van der Waals surface area contributed by atoms with Crippen molar-refractivity contribution in [3.63, 3.8) is 0 Å². The number of amides is 1. The van der Waals surface area contributed by atoms with Gasteiger partial charge in [0.1, 0.15) is 0 Å². The number of pyridine rings is 1. The Kier molecular flexibility index (Phi) is 6.99. The molecule has 2 unspecified atom stereocenters. The molecule has 150 valence electrons. The first-order valence-electron chi connectivity index (χ1n) is 10.4. The number of hydrogen-bond donors (Lipinski definition) is 2. The number of rotatable bonds is 4. The fourth-order valence-electron chi connectivity index (χ4n) is 5.34. The first kappa shape index (κ1) is 20.4. The van der Waals surface area contributed by atoms with Crippen molar-refractivity contribution in [2.45, 2.75) is 51.0 Å². The second-order valence-corrected chi connectivity index (χ2v) is 8.58. The van der Waals surface area contributed by atoms with Crippen LogP contribution in [-0.4, -0.2) is 36.6 Å². The largest absolute Gasteiger partial charge is 0.371 e. The molecule has 0 spiro atoms. The molecule has 6 heteroatoms. The molecule has 1 saturated heterocycles. The highest BCUT2D eigenvalue weighted by molar-refractivity contribution is 5.85. The quantitative estimate of drug-likeness (QED) is 0.826. The van der Waals surface area contributed by atoms with Gasteiger partial charge in [0.15, 0.2) is 0 Å². The van der Waals surface area contributed by atoms with Crippen LogP contribution in [0.3, 0.4) is 0 Å².